The molecule has 28 heavy (non-hydrogen) atoms. The Hall–Kier alpha value is -3.49. The summed E-state index contributed by atoms with van der Waals surface area (Å²) in [5.41, 5.74) is 3.72. The van der Waals surface area contributed by atoms with E-state index >= 15 is 0 Å². The Morgan fingerprint density at radius 2 is 1.96 bits per heavy atom. The molecule has 0 fully saturated rings. The molecule has 0 spiro atoms. The number of aromatic amines is 1. The van der Waals surface area contributed by atoms with Gasteiger partial charge in [-0.3, -0.25) is 4.79 Å². The van der Waals surface area contributed by atoms with E-state index in [-0.39, 0.29) is 22.1 Å². The lowest BCUT2D eigenvalue weighted by molar-refractivity contribution is 1.12. The minimum atomic E-state index is -0.282. The molecule has 0 aliphatic carbocycles. The van der Waals surface area contributed by atoms with Crippen molar-refractivity contribution in [3.05, 3.63) is 80.5 Å². The molecule has 4 aromatic rings. The lowest BCUT2D eigenvalue weighted by Gasteiger charge is -2.07. The Balaban J connectivity index is 1.91. The average Bonchev–Trinajstić information content (AvgIpc) is 2.67. The highest BCUT2D eigenvalue weighted by molar-refractivity contribution is 6.31. The molecule has 6 heteroatoms. The van der Waals surface area contributed by atoms with Crippen LogP contribution in [0.15, 0.2) is 47.3 Å². The van der Waals surface area contributed by atoms with Crippen LogP contribution in [0.4, 0.5) is 0 Å². The van der Waals surface area contributed by atoms with E-state index in [1.165, 1.54) is 0 Å². The van der Waals surface area contributed by atoms with E-state index in [4.69, 9.17) is 11.6 Å². The summed E-state index contributed by atoms with van der Waals surface area (Å²) in [5.74, 6) is 0.205. The van der Waals surface area contributed by atoms with Crippen molar-refractivity contribution in [1.82, 2.24) is 15.0 Å². The van der Waals surface area contributed by atoms with Gasteiger partial charge in [0.25, 0.3) is 5.56 Å². The maximum absolute atomic E-state index is 12.5. The monoisotopic (exact) mass is 386 g/mol. The lowest BCUT2D eigenvalue weighted by atomic mass is 10.1. The van der Waals surface area contributed by atoms with Crippen molar-refractivity contribution in [3.63, 3.8) is 0 Å². The van der Waals surface area contributed by atoms with Crippen LogP contribution in [0.3, 0.4) is 0 Å². The van der Waals surface area contributed by atoms with Crippen molar-refractivity contribution in [3.8, 4) is 6.07 Å². The minimum absolute atomic E-state index is 0.205. The summed E-state index contributed by atoms with van der Waals surface area (Å²) in [6, 6.07) is 15.3. The summed E-state index contributed by atoms with van der Waals surface area (Å²) in [6.07, 6.45) is 1.59. The van der Waals surface area contributed by atoms with Crippen LogP contribution in [0.1, 0.15) is 22.5 Å². The van der Waals surface area contributed by atoms with Gasteiger partial charge in [-0.15, -0.1) is 0 Å². The Morgan fingerprint density at radius 3 is 2.75 bits per heavy atom. The molecule has 4 rings (SSSR count). The molecule has 2 heterocycles. The van der Waals surface area contributed by atoms with Gasteiger partial charge in [-0.1, -0.05) is 35.9 Å². The van der Waals surface area contributed by atoms with E-state index in [9.17, 15) is 10.1 Å². The van der Waals surface area contributed by atoms with E-state index in [1.807, 2.05) is 50.2 Å². The van der Waals surface area contributed by atoms with Crippen molar-refractivity contribution in [2.75, 3.05) is 0 Å². The summed E-state index contributed by atoms with van der Waals surface area (Å²) in [5, 5.41) is 11.4. The molecule has 0 aliphatic rings. The Morgan fingerprint density at radius 1 is 1.18 bits per heavy atom. The minimum Gasteiger partial charge on any atom is -0.305 e. The SMILES string of the molecule is Cc1cc(C)c2nc(/C(C#N)=C/c3cc4ccccc4nc3Cl)[nH]c(=O)c2c1. The maximum atomic E-state index is 12.5. The fourth-order valence-electron chi connectivity index (χ4n) is 3.24. The highest BCUT2D eigenvalue weighted by Crippen LogP contribution is 2.25. The number of pyridine rings is 1. The number of hydrogen-bond acceptors (Lipinski definition) is 4. The molecule has 0 unspecified atom stereocenters. The number of nitrogens with zero attached hydrogens (tertiary/aromatic N) is 3. The Kier molecular flexibility index (Phi) is 4.42. The number of H-pyrrole nitrogens is 1. The second-order valence-electron chi connectivity index (χ2n) is 6.62. The van der Waals surface area contributed by atoms with Crippen molar-refractivity contribution >= 4 is 45.1 Å². The first-order valence-electron chi connectivity index (χ1n) is 8.65. The zero-order valence-electron chi connectivity index (χ0n) is 15.2. The molecule has 2 aromatic carbocycles. The number of rotatable bonds is 2. The second-order valence-corrected chi connectivity index (χ2v) is 6.98. The normalized spacial score (nSPS) is 11.7. The highest BCUT2D eigenvalue weighted by Gasteiger charge is 2.12. The standard InChI is InChI=1S/C22H15ClN4O/c1-12-7-13(2)19-17(8-12)22(28)27-21(26-19)16(11-24)10-15-9-14-5-3-4-6-18(14)25-20(15)23/h3-10H,1-2H3,(H,26,27,28)/b16-10+. The van der Waals surface area contributed by atoms with Crippen LogP contribution >= 0.6 is 11.6 Å². The van der Waals surface area contributed by atoms with E-state index in [0.717, 1.165) is 22.0 Å². The van der Waals surface area contributed by atoms with Gasteiger partial charge < -0.3 is 4.98 Å². The molecule has 2 aromatic heterocycles. The van der Waals surface area contributed by atoms with Gasteiger partial charge in [-0.05, 0) is 49.2 Å². The summed E-state index contributed by atoms with van der Waals surface area (Å²) >= 11 is 6.30. The van der Waals surface area contributed by atoms with E-state index < -0.39 is 0 Å². The van der Waals surface area contributed by atoms with E-state index in [2.05, 4.69) is 21.0 Å². The topological polar surface area (TPSA) is 82.4 Å². The number of para-hydroxylation sites is 1. The number of nitrogens with one attached hydrogen (secondary N) is 1. The molecule has 5 nitrogen and oxygen atoms in total. The van der Waals surface area contributed by atoms with Crippen molar-refractivity contribution < 1.29 is 0 Å². The van der Waals surface area contributed by atoms with Gasteiger partial charge in [0, 0.05) is 10.9 Å². The van der Waals surface area contributed by atoms with Crippen LogP contribution in [0.5, 0.6) is 0 Å². The summed E-state index contributed by atoms with van der Waals surface area (Å²) in [4.78, 5) is 24.2. The molecule has 0 saturated carbocycles. The van der Waals surface area contributed by atoms with Gasteiger partial charge in [0.1, 0.15) is 11.2 Å². The van der Waals surface area contributed by atoms with Gasteiger partial charge in [0.2, 0.25) is 0 Å². The third-order valence-corrected chi connectivity index (χ3v) is 4.83. The molecular formula is C22H15ClN4O. The molecule has 0 bridgehead atoms. The zero-order chi connectivity index (χ0) is 19.8. The van der Waals surface area contributed by atoms with E-state index in [1.54, 1.807) is 12.1 Å². The van der Waals surface area contributed by atoms with Gasteiger partial charge in [-0.2, -0.15) is 5.26 Å². The predicted octanol–water partition coefficient (Wildman–Crippen LogP) is 4.81. The Labute approximate surface area is 166 Å². The first-order chi connectivity index (χ1) is 13.5. The van der Waals surface area contributed by atoms with Crippen LogP contribution in [-0.2, 0) is 0 Å². The number of halogens is 1. The summed E-state index contributed by atoms with van der Waals surface area (Å²) in [6.45, 7) is 3.82. The first-order valence-corrected chi connectivity index (χ1v) is 9.03. The van der Waals surface area contributed by atoms with Gasteiger partial charge in [0.15, 0.2) is 5.82 Å². The van der Waals surface area contributed by atoms with Gasteiger partial charge in [0.05, 0.1) is 22.0 Å². The number of aromatic nitrogens is 3. The summed E-state index contributed by atoms with van der Waals surface area (Å²) in [7, 11) is 0. The van der Waals surface area contributed by atoms with Crippen LogP contribution < -0.4 is 5.56 Å². The third kappa shape index (κ3) is 3.15. The van der Waals surface area contributed by atoms with Crippen molar-refractivity contribution in [2.24, 2.45) is 0 Å². The molecule has 0 radical (unpaired) electrons. The fourth-order valence-corrected chi connectivity index (χ4v) is 3.44. The molecule has 0 atom stereocenters. The number of hydrogen-bond donors (Lipinski definition) is 1. The van der Waals surface area contributed by atoms with Crippen molar-refractivity contribution in [2.45, 2.75) is 13.8 Å². The second kappa shape index (κ2) is 6.91. The van der Waals surface area contributed by atoms with Gasteiger partial charge in [-0.25, -0.2) is 9.97 Å². The third-order valence-electron chi connectivity index (χ3n) is 4.52. The van der Waals surface area contributed by atoms with Crippen LogP contribution in [0.25, 0.3) is 33.5 Å². The largest absolute Gasteiger partial charge is 0.305 e. The lowest BCUT2D eigenvalue weighted by Crippen LogP contribution is -2.12. The smallest absolute Gasteiger partial charge is 0.259 e. The summed E-state index contributed by atoms with van der Waals surface area (Å²) < 4.78 is 0. The first kappa shape index (κ1) is 17.9. The maximum Gasteiger partial charge on any atom is 0.259 e. The number of fused-ring (bicyclic) bond motifs is 2. The van der Waals surface area contributed by atoms with E-state index in [0.29, 0.717) is 16.5 Å². The van der Waals surface area contributed by atoms with Crippen LogP contribution in [0.2, 0.25) is 5.15 Å². The van der Waals surface area contributed by atoms with Gasteiger partial charge >= 0.3 is 0 Å². The molecule has 1 N–H and O–H groups in total. The highest BCUT2D eigenvalue weighted by atomic mass is 35.5. The number of allylic oxidation sites excluding steroid dienone is 1. The van der Waals surface area contributed by atoms with Crippen LogP contribution in [0, 0.1) is 25.2 Å². The average molecular weight is 387 g/mol. The Bertz CT molecular complexity index is 1380. The number of nitriles is 1. The number of benzene rings is 2. The molecule has 136 valence electrons. The molecule has 0 saturated heterocycles. The predicted molar refractivity (Wildman–Crippen MR) is 112 cm³/mol. The molecule has 0 aliphatic heterocycles. The molecular weight excluding hydrogens is 372 g/mol. The zero-order valence-corrected chi connectivity index (χ0v) is 16.0. The molecule has 0 amide bonds. The van der Waals surface area contributed by atoms with Crippen LogP contribution in [-0.4, -0.2) is 15.0 Å². The quantitative estimate of drug-likeness (QED) is 0.396. The van der Waals surface area contributed by atoms with Crippen molar-refractivity contribution in [1.29, 1.82) is 5.26 Å². The fraction of sp³-hybridized carbons (Fsp3) is 0.0909. The number of aryl methyl sites for hydroxylation is 2.